The van der Waals surface area contributed by atoms with Crippen LogP contribution in [0.3, 0.4) is 0 Å². The Labute approximate surface area is 161 Å². The molecule has 0 atom stereocenters. The Kier molecular flexibility index (Phi) is 4.00. The molecule has 1 aromatic carbocycles. The van der Waals surface area contributed by atoms with Gasteiger partial charge in [0.15, 0.2) is 0 Å². The third-order valence-electron chi connectivity index (χ3n) is 5.60. The van der Waals surface area contributed by atoms with Gasteiger partial charge in [-0.1, -0.05) is 12.1 Å². The van der Waals surface area contributed by atoms with E-state index < -0.39 is 18.3 Å². The smallest absolute Gasteiger partial charge is 0.399 e. The highest BCUT2D eigenvalue weighted by atomic mass is 32.1. The van der Waals surface area contributed by atoms with Crippen LogP contribution in [0.15, 0.2) is 45.4 Å². The minimum atomic E-state index is -0.557. The van der Waals surface area contributed by atoms with E-state index in [0.717, 1.165) is 11.0 Å². The van der Waals surface area contributed by atoms with Crippen LogP contribution in [0.5, 0.6) is 0 Å². The van der Waals surface area contributed by atoms with Crippen molar-refractivity contribution in [3.63, 3.8) is 0 Å². The topological polar surface area (TPSA) is 61.9 Å². The molecule has 0 radical (unpaired) electrons. The van der Waals surface area contributed by atoms with Crippen LogP contribution >= 0.6 is 11.3 Å². The van der Waals surface area contributed by atoms with Gasteiger partial charge in [0.25, 0.3) is 5.56 Å². The summed E-state index contributed by atoms with van der Waals surface area (Å²) in [5.41, 5.74) is 0.471. The van der Waals surface area contributed by atoms with Gasteiger partial charge in [0.2, 0.25) is 0 Å². The Morgan fingerprint density at radius 3 is 2.41 bits per heavy atom. The molecule has 0 spiro atoms. The summed E-state index contributed by atoms with van der Waals surface area (Å²) >= 11 is 1.36. The Hall–Kier alpha value is -2.16. The van der Waals surface area contributed by atoms with Gasteiger partial charge in [-0.3, -0.25) is 9.20 Å². The van der Waals surface area contributed by atoms with Crippen molar-refractivity contribution in [2.24, 2.45) is 0 Å². The van der Waals surface area contributed by atoms with Crippen LogP contribution in [-0.2, 0) is 9.31 Å². The van der Waals surface area contributed by atoms with Gasteiger partial charge in [0, 0.05) is 17.6 Å². The summed E-state index contributed by atoms with van der Waals surface area (Å²) in [7, 11) is -0.557. The van der Waals surface area contributed by atoms with Crippen molar-refractivity contribution >= 4 is 28.7 Å². The number of thiazole rings is 1. The van der Waals surface area contributed by atoms with E-state index in [4.69, 9.17) is 9.31 Å². The van der Waals surface area contributed by atoms with E-state index in [1.165, 1.54) is 26.4 Å². The average molecular weight is 384 g/mol. The van der Waals surface area contributed by atoms with Gasteiger partial charge in [0.1, 0.15) is 4.83 Å². The zero-order chi connectivity index (χ0) is 19.6. The largest absolute Gasteiger partial charge is 0.495 e. The molecule has 1 aliphatic rings. The minimum Gasteiger partial charge on any atom is -0.399 e. The highest BCUT2D eigenvalue weighted by Gasteiger charge is 2.52. The van der Waals surface area contributed by atoms with Crippen molar-refractivity contribution in [3.05, 3.63) is 62.2 Å². The first-order valence-electron chi connectivity index (χ1n) is 8.80. The number of rotatable bonds is 2. The molecule has 0 bridgehead atoms. The van der Waals surface area contributed by atoms with Crippen LogP contribution in [0.2, 0.25) is 0 Å². The summed E-state index contributed by atoms with van der Waals surface area (Å²) in [5.74, 6) is 0. The maximum atomic E-state index is 12.9. The molecule has 6 nitrogen and oxygen atoms in total. The normalized spacial score (nSPS) is 18.3. The fourth-order valence-corrected chi connectivity index (χ4v) is 4.00. The van der Waals surface area contributed by atoms with Crippen LogP contribution in [0.1, 0.15) is 33.3 Å². The van der Waals surface area contributed by atoms with Gasteiger partial charge in [-0.2, -0.15) is 0 Å². The molecule has 0 N–H and O–H groups in total. The van der Waals surface area contributed by atoms with Crippen molar-refractivity contribution in [2.75, 3.05) is 0 Å². The number of benzene rings is 1. The highest BCUT2D eigenvalue weighted by Crippen LogP contribution is 2.36. The van der Waals surface area contributed by atoms with Crippen molar-refractivity contribution in [1.82, 2.24) is 8.97 Å². The van der Waals surface area contributed by atoms with E-state index >= 15 is 0 Å². The van der Waals surface area contributed by atoms with Crippen LogP contribution in [-0.4, -0.2) is 27.3 Å². The average Bonchev–Trinajstić information content (AvgIpc) is 3.11. The summed E-state index contributed by atoms with van der Waals surface area (Å²) in [6.45, 7) is 9.85. The molecule has 1 saturated heterocycles. The van der Waals surface area contributed by atoms with Gasteiger partial charge < -0.3 is 9.31 Å². The lowest BCUT2D eigenvalue weighted by molar-refractivity contribution is 0.00578. The highest BCUT2D eigenvalue weighted by molar-refractivity contribution is 7.15. The van der Waals surface area contributed by atoms with Crippen LogP contribution < -0.4 is 16.7 Å². The molecular weight excluding hydrogens is 363 g/mol. The summed E-state index contributed by atoms with van der Waals surface area (Å²) in [4.78, 5) is 26.1. The zero-order valence-electron chi connectivity index (χ0n) is 16.0. The Balaban J connectivity index is 1.88. The molecule has 4 rings (SSSR count). The quantitative estimate of drug-likeness (QED) is 0.635. The Bertz CT molecular complexity index is 1140. The first-order chi connectivity index (χ1) is 12.6. The number of nitrogens with zero attached hydrogens (tertiary/aromatic N) is 2. The number of fused-ring (bicyclic) bond motifs is 1. The Morgan fingerprint density at radius 1 is 1.07 bits per heavy atom. The summed E-state index contributed by atoms with van der Waals surface area (Å²) in [5, 5.41) is 1.79. The predicted octanol–water partition coefficient (Wildman–Crippen LogP) is 2.12. The second kappa shape index (κ2) is 5.92. The summed E-state index contributed by atoms with van der Waals surface area (Å²) in [6.07, 6.45) is 1.67. The lowest BCUT2D eigenvalue weighted by Gasteiger charge is -2.32. The fourth-order valence-electron chi connectivity index (χ4n) is 3.26. The van der Waals surface area contributed by atoms with E-state index in [0.29, 0.717) is 10.5 Å². The molecule has 1 fully saturated rings. The second-order valence-corrected chi connectivity index (χ2v) is 8.72. The molecule has 0 aliphatic carbocycles. The van der Waals surface area contributed by atoms with Crippen LogP contribution in [0, 0.1) is 6.92 Å². The zero-order valence-corrected chi connectivity index (χ0v) is 16.8. The van der Waals surface area contributed by atoms with Gasteiger partial charge in [-0.05, 0) is 51.7 Å². The molecule has 3 aromatic rings. The van der Waals surface area contributed by atoms with E-state index in [1.54, 1.807) is 17.6 Å². The van der Waals surface area contributed by atoms with E-state index in [9.17, 15) is 9.59 Å². The van der Waals surface area contributed by atoms with Crippen molar-refractivity contribution in [1.29, 1.82) is 0 Å². The van der Waals surface area contributed by atoms with E-state index in [-0.39, 0.29) is 11.2 Å². The monoisotopic (exact) mass is 384 g/mol. The molecule has 0 saturated carbocycles. The third kappa shape index (κ3) is 2.71. The summed E-state index contributed by atoms with van der Waals surface area (Å²) < 4.78 is 15.0. The van der Waals surface area contributed by atoms with Crippen molar-refractivity contribution < 1.29 is 9.31 Å². The van der Waals surface area contributed by atoms with Crippen molar-refractivity contribution in [2.45, 2.75) is 45.8 Å². The molecule has 1 aliphatic heterocycles. The molecule has 140 valence electrons. The van der Waals surface area contributed by atoms with Gasteiger partial charge in [-0.25, -0.2) is 9.36 Å². The number of hydrogen-bond acceptors (Lipinski definition) is 5. The molecule has 2 aromatic heterocycles. The molecule has 3 heterocycles. The molecule has 0 unspecified atom stereocenters. The fraction of sp³-hybridized carbons (Fsp3) is 0.368. The molecule has 8 heteroatoms. The van der Waals surface area contributed by atoms with E-state index in [1.807, 2.05) is 46.8 Å². The number of hydrogen-bond donors (Lipinski definition) is 0. The summed E-state index contributed by atoms with van der Waals surface area (Å²) in [6, 6.07) is 6.97. The lowest BCUT2D eigenvalue weighted by Crippen LogP contribution is -2.41. The maximum Gasteiger partial charge on any atom is 0.495 e. The second-order valence-electron chi connectivity index (χ2n) is 7.79. The predicted molar refractivity (Wildman–Crippen MR) is 108 cm³/mol. The van der Waals surface area contributed by atoms with Crippen molar-refractivity contribution in [3.8, 4) is 5.69 Å². The minimum absolute atomic E-state index is 0.350. The lowest BCUT2D eigenvalue weighted by atomic mass is 9.76. The van der Waals surface area contributed by atoms with E-state index in [2.05, 4.69) is 0 Å². The van der Waals surface area contributed by atoms with Crippen LogP contribution in [0.25, 0.3) is 10.5 Å². The SMILES string of the molecule is Cc1c(B2OC(C)(C)C(C)(C)O2)cccc1-n1c(=O)cc2sccn2c1=O. The first kappa shape index (κ1) is 18.2. The Morgan fingerprint density at radius 2 is 1.74 bits per heavy atom. The van der Waals surface area contributed by atoms with Crippen LogP contribution in [0.4, 0.5) is 0 Å². The van der Waals surface area contributed by atoms with Gasteiger partial charge >= 0.3 is 12.8 Å². The molecule has 0 amide bonds. The third-order valence-corrected chi connectivity index (χ3v) is 6.41. The molecule has 27 heavy (non-hydrogen) atoms. The number of aromatic nitrogens is 2. The molecular formula is C19H21BN2O4S. The first-order valence-corrected chi connectivity index (χ1v) is 9.68. The van der Waals surface area contributed by atoms with Gasteiger partial charge in [0.05, 0.1) is 16.9 Å². The van der Waals surface area contributed by atoms with Gasteiger partial charge in [-0.15, -0.1) is 11.3 Å². The maximum absolute atomic E-state index is 12.9. The standard InChI is InChI=1S/C19H21BN2O4S/c1-12-13(20-25-18(2,3)19(4,5)26-20)7-6-8-14(12)22-15(23)11-16-21(17(22)24)9-10-27-16/h6-11H,1-5H3.